The Bertz CT molecular complexity index is 397. The summed E-state index contributed by atoms with van der Waals surface area (Å²) in [4.78, 5) is 14.1. The van der Waals surface area contributed by atoms with E-state index in [9.17, 15) is 4.79 Å². The Balaban J connectivity index is 0.00000200. The molecule has 1 fully saturated rings. The van der Waals surface area contributed by atoms with Crippen molar-refractivity contribution in [1.82, 2.24) is 10.6 Å². The van der Waals surface area contributed by atoms with Crippen molar-refractivity contribution in [2.45, 2.75) is 12.8 Å². The summed E-state index contributed by atoms with van der Waals surface area (Å²) in [6, 6.07) is 10.2. The predicted octanol–water partition coefficient (Wildman–Crippen LogP) is 2.08. The Morgan fingerprint density at radius 3 is 2.48 bits per heavy atom. The molecule has 0 aliphatic carbocycles. The van der Waals surface area contributed by atoms with Crippen LogP contribution < -0.4 is 15.5 Å². The van der Waals surface area contributed by atoms with E-state index in [1.165, 1.54) is 5.69 Å². The third-order valence-corrected chi connectivity index (χ3v) is 3.65. The van der Waals surface area contributed by atoms with Gasteiger partial charge in [-0.05, 0) is 38.1 Å². The van der Waals surface area contributed by atoms with Gasteiger partial charge in [0.2, 0.25) is 5.91 Å². The second-order valence-corrected chi connectivity index (χ2v) is 5.07. The summed E-state index contributed by atoms with van der Waals surface area (Å²) in [5, 5.41) is 6.32. The van der Waals surface area contributed by atoms with E-state index in [1.807, 2.05) is 25.2 Å². The number of halogens is 2. The SMILES string of the molecule is CN(CCNC(=O)C1CCNCC1)c1ccccc1.Cl.Cl. The highest BCUT2D eigenvalue weighted by atomic mass is 35.5. The lowest BCUT2D eigenvalue weighted by Gasteiger charge is -2.23. The zero-order valence-electron chi connectivity index (χ0n) is 12.4. The molecule has 4 nitrogen and oxygen atoms in total. The number of piperidine rings is 1. The summed E-state index contributed by atoms with van der Waals surface area (Å²) < 4.78 is 0. The molecule has 120 valence electrons. The van der Waals surface area contributed by atoms with Crippen molar-refractivity contribution in [3.8, 4) is 0 Å². The molecule has 1 aliphatic rings. The first-order valence-electron chi connectivity index (χ1n) is 7.02. The summed E-state index contributed by atoms with van der Waals surface area (Å²) in [6.45, 7) is 3.46. The molecule has 1 aromatic carbocycles. The molecule has 0 atom stereocenters. The lowest BCUT2D eigenvalue weighted by molar-refractivity contribution is -0.125. The van der Waals surface area contributed by atoms with E-state index >= 15 is 0 Å². The van der Waals surface area contributed by atoms with Crippen molar-refractivity contribution in [1.29, 1.82) is 0 Å². The molecule has 21 heavy (non-hydrogen) atoms. The molecule has 2 rings (SSSR count). The first-order chi connectivity index (χ1) is 9.27. The number of nitrogens with zero attached hydrogens (tertiary/aromatic N) is 1. The molecular weight excluding hydrogens is 309 g/mol. The van der Waals surface area contributed by atoms with E-state index in [0.717, 1.165) is 32.5 Å². The largest absolute Gasteiger partial charge is 0.373 e. The van der Waals surface area contributed by atoms with Crippen LogP contribution >= 0.6 is 24.8 Å². The zero-order chi connectivity index (χ0) is 13.5. The molecule has 0 saturated carbocycles. The Morgan fingerprint density at radius 2 is 1.86 bits per heavy atom. The van der Waals surface area contributed by atoms with Crippen LogP contribution in [0.3, 0.4) is 0 Å². The third kappa shape index (κ3) is 6.55. The number of para-hydroxylation sites is 1. The normalized spacial score (nSPS) is 14.5. The highest BCUT2D eigenvalue weighted by molar-refractivity contribution is 5.85. The van der Waals surface area contributed by atoms with Gasteiger partial charge in [0, 0.05) is 31.7 Å². The fourth-order valence-corrected chi connectivity index (χ4v) is 2.39. The average Bonchev–Trinajstić information content (AvgIpc) is 2.49. The Hall–Kier alpha value is -0.970. The first-order valence-corrected chi connectivity index (χ1v) is 7.02. The van der Waals surface area contributed by atoms with Gasteiger partial charge in [0.15, 0.2) is 0 Å². The third-order valence-electron chi connectivity index (χ3n) is 3.65. The highest BCUT2D eigenvalue weighted by Gasteiger charge is 2.20. The van der Waals surface area contributed by atoms with Crippen molar-refractivity contribution in [2.75, 3.05) is 38.1 Å². The summed E-state index contributed by atoms with van der Waals surface area (Å²) >= 11 is 0. The van der Waals surface area contributed by atoms with Gasteiger partial charge in [-0.2, -0.15) is 0 Å². The number of amides is 1. The quantitative estimate of drug-likeness (QED) is 0.867. The number of carbonyl (C=O) groups is 1. The molecule has 1 aliphatic heterocycles. The number of hydrogen-bond donors (Lipinski definition) is 2. The van der Waals surface area contributed by atoms with Crippen LogP contribution in [0.5, 0.6) is 0 Å². The van der Waals surface area contributed by atoms with Crippen molar-refractivity contribution >= 4 is 36.4 Å². The second-order valence-electron chi connectivity index (χ2n) is 5.07. The maximum atomic E-state index is 12.0. The van der Waals surface area contributed by atoms with Crippen LogP contribution in [-0.2, 0) is 4.79 Å². The van der Waals surface area contributed by atoms with Crippen molar-refractivity contribution in [3.05, 3.63) is 30.3 Å². The molecule has 0 spiro atoms. The van der Waals surface area contributed by atoms with Crippen molar-refractivity contribution in [3.63, 3.8) is 0 Å². The van der Waals surface area contributed by atoms with Crippen LogP contribution in [0.2, 0.25) is 0 Å². The Kier molecular flexibility index (Phi) is 10.2. The highest BCUT2D eigenvalue weighted by Crippen LogP contribution is 2.12. The molecule has 1 amide bonds. The van der Waals surface area contributed by atoms with E-state index in [-0.39, 0.29) is 36.6 Å². The minimum Gasteiger partial charge on any atom is -0.373 e. The fraction of sp³-hybridized carbons (Fsp3) is 0.533. The van der Waals surface area contributed by atoms with Crippen molar-refractivity contribution < 1.29 is 4.79 Å². The van der Waals surface area contributed by atoms with Gasteiger partial charge in [0.25, 0.3) is 0 Å². The van der Waals surface area contributed by atoms with E-state index in [0.29, 0.717) is 6.54 Å². The number of benzene rings is 1. The second kappa shape index (κ2) is 10.7. The van der Waals surface area contributed by atoms with Crippen LogP contribution in [0.25, 0.3) is 0 Å². The van der Waals surface area contributed by atoms with Gasteiger partial charge in [0.1, 0.15) is 0 Å². The van der Waals surface area contributed by atoms with Gasteiger partial charge in [0.05, 0.1) is 0 Å². The number of rotatable bonds is 5. The van der Waals surface area contributed by atoms with E-state index in [1.54, 1.807) is 0 Å². The molecular formula is C15H25Cl2N3O. The molecule has 0 unspecified atom stereocenters. The van der Waals surface area contributed by atoms with Crippen LogP contribution in [0.15, 0.2) is 30.3 Å². The molecule has 2 N–H and O–H groups in total. The molecule has 0 aromatic heterocycles. The van der Waals surface area contributed by atoms with Gasteiger partial charge in [-0.25, -0.2) is 0 Å². The summed E-state index contributed by atoms with van der Waals surface area (Å²) in [7, 11) is 2.05. The fourth-order valence-electron chi connectivity index (χ4n) is 2.39. The van der Waals surface area contributed by atoms with Gasteiger partial charge in [-0.1, -0.05) is 18.2 Å². The smallest absolute Gasteiger partial charge is 0.223 e. The number of anilines is 1. The monoisotopic (exact) mass is 333 g/mol. The summed E-state index contributed by atoms with van der Waals surface area (Å²) in [5.74, 6) is 0.409. The summed E-state index contributed by atoms with van der Waals surface area (Å²) in [5.41, 5.74) is 1.18. The van der Waals surface area contributed by atoms with Crippen LogP contribution in [0.4, 0.5) is 5.69 Å². The minimum absolute atomic E-state index is 0. The van der Waals surface area contributed by atoms with Crippen LogP contribution in [0.1, 0.15) is 12.8 Å². The molecule has 1 heterocycles. The van der Waals surface area contributed by atoms with E-state index in [4.69, 9.17) is 0 Å². The first kappa shape index (κ1) is 20.0. The minimum atomic E-state index is 0. The lowest BCUT2D eigenvalue weighted by atomic mass is 9.97. The standard InChI is InChI=1S/C15H23N3O.2ClH/c1-18(14-5-3-2-4-6-14)12-11-17-15(19)13-7-9-16-10-8-13;;/h2-6,13,16H,7-12H2,1H3,(H,17,19);2*1H. The van der Waals surface area contributed by atoms with E-state index in [2.05, 4.69) is 27.7 Å². The predicted molar refractivity (Wildman–Crippen MR) is 92.8 cm³/mol. The Morgan fingerprint density at radius 1 is 1.24 bits per heavy atom. The Labute approximate surface area is 139 Å². The molecule has 6 heteroatoms. The lowest BCUT2D eigenvalue weighted by Crippen LogP contribution is -2.40. The van der Waals surface area contributed by atoms with E-state index < -0.39 is 0 Å². The summed E-state index contributed by atoms with van der Waals surface area (Å²) in [6.07, 6.45) is 1.92. The molecule has 1 aromatic rings. The maximum Gasteiger partial charge on any atom is 0.223 e. The number of likely N-dealkylation sites (N-methyl/N-ethyl adjacent to an activating group) is 1. The average molecular weight is 334 g/mol. The number of carbonyl (C=O) groups excluding carboxylic acids is 1. The zero-order valence-corrected chi connectivity index (χ0v) is 14.0. The molecule has 0 bridgehead atoms. The molecule has 1 saturated heterocycles. The molecule has 0 radical (unpaired) electrons. The van der Waals surface area contributed by atoms with Gasteiger partial charge < -0.3 is 15.5 Å². The topological polar surface area (TPSA) is 44.4 Å². The van der Waals surface area contributed by atoms with Gasteiger partial charge in [-0.15, -0.1) is 24.8 Å². The van der Waals surface area contributed by atoms with Gasteiger partial charge in [-0.3, -0.25) is 4.79 Å². The number of nitrogens with one attached hydrogen (secondary N) is 2. The van der Waals surface area contributed by atoms with Crippen LogP contribution in [-0.4, -0.2) is 39.1 Å². The number of hydrogen-bond acceptors (Lipinski definition) is 3. The van der Waals surface area contributed by atoms with Crippen LogP contribution in [0, 0.1) is 5.92 Å². The van der Waals surface area contributed by atoms with Crippen molar-refractivity contribution in [2.24, 2.45) is 5.92 Å². The maximum absolute atomic E-state index is 12.0. The van der Waals surface area contributed by atoms with Gasteiger partial charge >= 0.3 is 0 Å².